The Morgan fingerprint density at radius 3 is 2.51 bits per heavy atom. The molecule has 49 heavy (non-hydrogen) atoms. The molecule has 3 amide bonds. The number of nitrogens with one attached hydrogen (secondary N) is 1. The molecular weight excluding hydrogens is 641 g/mol. The second-order valence-corrected chi connectivity index (χ2v) is 14.0. The van der Waals surface area contributed by atoms with Crippen LogP contribution in [-0.2, 0) is 15.0 Å². The lowest BCUT2D eigenvalue weighted by Crippen LogP contribution is -2.52. The van der Waals surface area contributed by atoms with Gasteiger partial charge in [-0.15, -0.1) is 0 Å². The predicted molar refractivity (Wildman–Crippen MR) is 169 cm³/mol. The first-order valence-corrected chi connectivity index (χ1v) is 16.5. The van der Waals surface area contributed by atoms with Crippen molar-refractivity contribution in [2.24, 2.45) is 5.92 Å². The first-order valence-electron chi connectivity index (χ1n) is 16.5. The summed E-state index contributed by atoms with van der Waals surface area (Å²) in [5, 5.41) is 17.4. The van der Waals surface area contributed by atoms with Crippen molar-refractivity contribution in [3.05, 3.63) is 58.8 Å². The number of para-hydroxylation sites is 1. The maximum Gasteiger partial charge on any atom is 0.455 e. The van der Waals surface area contributed by atoms with E-state index in [1.165, 1.54) is 33.5 Å². The molecule has 2 saturated carbocycles. The Kier molecular flexibility index (Phi) is 7.72. The van der Waals surface area contributed by atoms with Gasteiger partial charge in [-0.2, -0.15) is 28.0 Å². The first kappa shape index (κ1) is 32.6. The molecule has 1 N–H and O–H groups in total. The highest BCUT2D eigenvalue weighted by atomic mass is 19.4. The Morgan fingerprint density at radius 2 is 1.88 bits per heavy atom. The molecule has 3 fully saturated rings. The fourth-order valence-corrected chi connectivity index (χ4v) is 7.11. The van der Waals surface area contributed by atoms with Crippen LogP contribution in [0.1, 0.15) is 90.3 Å². The minimum absolute atomic E-state index is 0.0248. The van der Waals surface area contributed by atoms with E-state index in [9.17, 15) is 37.6 Å². The van der Waals surface area contributed by atoms with Crippen LogP contribution >= 0.6 is 0 Å². The summed E-state index contributed by atoms with van der Waals surface area (Å²) < 4.78 is 48.8. The number of carbonyl (C=O) groups excluding carboxylic acids is 4. The van der Waals surface area contributed by atoms with Crippen LogP contribution in [0, 0.1) is 17.2 Å². The SMILES string of the molecule is CC(C)C[C@@H](C(=O)N1C[C@]2(C[C@H]1C#N)C(=O)Nc1ccccc12)N(C)C(=O)c1cc(OC2CC2)n2nc(C3CC3)c(C(=O)C(F)(F)F)c2c1. The van der Waals surface area contributed by atoms with Crippen LogP contribution in [0.15, 0.2) is 36.4 Å². The summed E-state index contributed by atoms with van der Waals surface area (Å²) in [5.74, 6) is -3.92. The summed E-state index contributed by atoms with van der Waals surface area (Å²) in [6.07, 6.45) is -2.48. The van der Waals surface area contributed by atoms with Crippen LogP contribution in [-0.4, -0.2) is 80.9 Å². The van der Waals surface area contributed by atoms with Crippen LogP contribution in [0.25, 0.3) is 5.52 Å². The van der Waals surface area contributed by atoms with E-state index >= 15 is 0 Å². The van der Waals surface area contributed by atoms with Crippen molar-refractivity contribution in [2.45, 2.75) is 88.1 Å². The van der Waals surface area contributed by atoms with Crippen LogP contribution in [0.4, 0.5) is 18.9 Å². The average molecular weight is 677 g/mol. The zero-order valence-electron chi connectivity index (χ0n) is 27.2. The van der Waals surface area contributed by atoms with Crippen molar-refractivity contribution >= 4 is 34.7 Å². The van der Waals surface area contributed by atoms with Gasteiger partial charge in [0.1, 0.15) is 18.2 Å². The van der Waals surface area contributed by atoms with Crippen LogP contribution in [0.3, 0.4) is 0 Å². The number of halogens is 3. The number of nitrogens with zero attached hydrogens (tertiary/aromatic N) is 5. The Hall–Kier alpha value is -4.93. The third-order valence-corrected chi connectivity index (χ3v) is 9.92. The lowest BCUT2D eigenvalue weighted by molar-refractivity contribution is -0.136. The monoisotopic (exact) mass is 676 g/mol. The quantitative estimate of drug-likeness (QED) is 0.315. The van der Waals surface area contributed by atoms with Crippen molar-refractivity contribution in [1.29, 1.82) is 5.26 Å². The normalized spacial score (nSPS) is 22.3. The van der Waals surface area contributed by atoms with Gasteiger partial charge in [0, 0.05) is 43.2 Å². The largest absolute Gasteiger partial charge is 0.474 e. The number of hydrogen-bond donors (Lipinski definition) is 1. The molecule has 14 heteroatoms. The number of carbonyl (C=O) groups is 4. The van der Waals surface area contributed by atoms with E-state index in [4.69, 9.17) is 4.74 Å². The molecule has 1 saturated heterocycles. The molecule has 4 aliphatic rings. The number of Topliss-reactive ketones (excluding diaryl/α,β-unsaturated/α-hetero) is 1. The standard InChI is InChI=1S/C35H35F3N6O5/c1-18(2)12-26(32(47)43-17-34(15-21(43)16-39)23-6-4-5-7-24(23)40-33(34)48)42(3)31(46)20-13-25-28(30(45)35(36,37)38)29(19-8-9-19)41-44(25)27(14-20)49-22-10-11-22/h4-7,13-14,18-19,21-22,26H,8-12,15,17H2,1-3H3,(H,40,48)/t21-,26-,34-/m0/s1. The number of rotatable bonds is 9. The van der Waals surface area contributed by atoms with E-state index in [0.717, 1.165) is 12.8 Å². The Morgan fingerprint density at radius 1 is 1.16 bits per heavy atom. The third kappa shape index (κ3) is 5.58. The third-order valence-electron chi connectivity index (χ3n) is 9.92. The topological polar surface area (TPSA) is 137 Å². The van der Waals surface area contributed by atoms with Crippen LogP contribution in [0.5, 0.6) is 5.88 Å². The molecule has 256 valence electrons. The summed E-state index contributed by atoms with van der Waals surface area (Å²) in [5.41, 5.74) is -0.647. The zero-order valence-corrected chi connectivity index (χ0v) is 27.2. The van der Waals surface area contributed by atoms with Crippen molar-refractivity contribution in [3.8, 4) is 11.9 Å². The molecule has 0 bridgehead atoms. The van der Waals surface area contributed by atoms with Gasteiger partial charge in [-0.05, 0) is 55.7 Å². The fourth-order valence-electron chi connectivity index (χ4n) is 7.11. The molecule has 3 atom stereocenters. The van der Waals surface area contributed by atoms with Crippen LogP contribution in [0.2, 0.25) is 0 Å². The Balaban J connectivity index is 1.26. The van der Waals surface area contributed by atoms with Gasteiger partial charge in [0.15, 0.2) is 0 Å². The van der Waals surface area contributed by atoms with Gasteiger partial charge in [0.2, 0.25) is 17.7 Å². The van der Waals surface area contributed by atoms with E-state index < -0.39 is 46.8 Å². The predicted octanol–water partition coefficient (Wildman–Crippen LogP) is 5.00. The number of pyridine rings is 1. The molecule has 0 radical (unpaired) electrons. The average Bonchev–Trinajstić information content (AvgIpc) is 3.98. The number of ether oxygens (including phenoxy) is 1. The minimum Gasteiger partial charge on any atom is -0.474 e. The lowest BCUT2D eigenvalue weighted by Gasteiger charge is -2.33. The maximum absolute atomic E-state index is 14.4. The molecule has 2 aliphatic carbocycles. The summed E-state index contributed by atoms with van der Waals surface area (Å²) in [4.78, 5) is 57.3. The van der Waals surface area contributed by atoms with E-state index in [0.29, 0.717) is 24.1 Å². The van der Waals surface area contributed by atoms with Gasteiger partial charge in [-0.3, -0.25) is 19.2 Å². The van der Waals surface area contributed by atoms with E-state index in [1.807, 2.05) is 13.8 Å². The van der Waals surface area contributed by atoms with Crippen molar-refractivity contribution < 1.29 is 37.1 Å². The summed E-state index contributed by atoms with van der Waals surface area (Å²) >= 11 is 0. The number of benzene rings is 1. The molecule has 4 heterocycles. The number of fused-ring (bicyclic) bond motifs is 3. The number of nitriles is 1. The molecule has 1 aromatic carbocycles. The molecule has 1 spiro atoms. The summed E-state index contributed by atoms with van der Waals surface area (Å²) in [7, 11) is 1.43. The highest BCUT2D eigenvalue weighted by molar-refractivity contribution is 6.09. The summed E-state index contributed by atoms with van der Waals surface area (Å²) in [6.45, 7) is 3.69. The van der Waals surface area contributed by atoms with Crippen LogP contribution < -0.4 is 10.1 Å². The van der Waals surface area contributed by atoms with E-state index in [1.54, 1.807) is 24.3 Å². The fraction of sp³-hybridized carbons (Fsp3) is 0.486. The van der Waals surface area contributed by atoms with E-state index in [2.05, 4.69) is 16.5 Å². The maximum atomic E-state index is 14.4. The van der Waals surface area contributed by atoms with Gasteiger partial charge >= 0.3 is 6.18 Å². The molecule has 11 nitrogen and oxygen atoms in total. The second kappa shape index (κ2) is 11.6. The highest BCUT2D eigenvalue weighted by Crippen LogP contribution is 2.47. The molecule has 3 aromatic rings. The molecular formula is C35H35F3N6O5. The van der Waals surface area contributed by atoms with Crippen molar-refractivity contribution in [3.63, 3.8) is 0 Å². The number of amides is 3. The Bertz CT molecular complexity index is 1940. The number of alkyl halides is 3. The van der Waals surface area contributed by atoms with Gasteiger partial charge in [-0.1, -0.05) is 32.0 Å². The number of anilines is 1. The summed E-state index contributed by atoms with van der Waals surface area (Å²) in [6, 6.07) is 9.89. The van der Waals surface area contributed by atoms with Crippen molar-refractivity contribution in [2.75, 3.05) is 18.9 Å². The van der Waals surface area contributed by atoms with Gasteiger partial charge in [0.25, 0.3) is 11.7 Å². The zero-order chi connectivity index (χ0) is 35.0. The smallest absolute Gasteiger partial charge is 0.455 e. The van der Waals surface area contributed by atoms with Gasteiger partial charge in [0.05, 0.1) is 28.3 Å². The first-order chi connectivity index (χ1) is 23.2. The highest BCUT2D eigenvalue weighted by Gasteiger charge is 2.57. The number of aromatic nitrogens is 2. The molecule has 7 rings (SSSR count). The van der Waals surface area contributed by atoms with Crippen molar-refractivity contribution in [1.82, 2.24) is 19.4 Å². The van der Waals surface area contributed by atoms with Gasteiger partial charge in [-0.25, -0.2) is 0 Å². The number of hydrogen-bond acceptors (Lipinski definition) is 7. The van der Waals surface area contributed by atoms with E-state index in [-0.39, 0.29) is 65.9 Å². The molecule has 2 aliphatic heterocycles. The minimum atomic E-state index is -5.17. The number of likely N-dealkylation sites (tertiary alicyclic amines) is 1. The number of ketones is 1. The lowest BCUT2D eigenvalue weighted by atomic mass is 9.80. The molecule has 0 unspecified atom stereocenters. The van der Waals surface area contributed by atoms with Gasteiger partial charge < -0.3 is 19.9 Å². The Labute approximate surface area is 280 Å². The molecule has 2 aromatic heterocycles. The second-order valence-electron chi connectivity index (χ2n) is 14.0. The number of likely N-dealkylation sites (N-methyl/N-ethyl adjacent to an activating group) is 1.